The topological polar surface area (TPSA) is 67.1 Å². The number of hydrogen-bond acceptors (Lipinski definition) is 5. The first-order valence-corrected chi connectivity index (χ1v) is 5.29. The van der Waals surface area contributed by atoms with Crippen LogP contribution in [0.2, 0.25) is 0 Å². The fourth-order valence-corrected chi connectivity index (χ4v) is 1.45. The summed E-state index contributed by atoms with van der Waals surface area (Å²) in [6.07, 6.45) is 0. The van der Waals surface area contributed by atoms with E-state index in [1.54, 1.807) is 6.07 Å². The van der Waals surface area contributed by atoms with Crippen molar-refractivity contribution in [2.45, 2.75) is 0 Å². The third kappa shape index (κ3) is 2.51. The number of benzene rings is 1. The first kappa shape index (κ1) is 11.3. The van der Waals surface area contributed by atoms with Gasteiger partial charge in [-0.1, -0.05) is 30.3 Å². The van der Waals surface area contributed by atoms with Gasteiger partial charge in [0.15, 0.2) is 5.82 Å². The van der Waals surface area contributed by atoms with E-state index in [-0.39, 0.29) is 0 Å². The van der Waals surface area contributed by atoms with Crippen molar-refractivity contribution in [3.63, 3.8) is 0 Å². The van der Waals surface area contributed by atoms with Gasteiger partial charge in [0.05, 0.1) is 0 Å². The maximum absolute atomic E-state index is 5.41. The van der Waals surface area contributed by atoms with Crippen LogP contribution in [0.5, 0.6) is 0 Å². The Morgan fingerprint density at radius 3 is 2.41 bits per heavy atom. The number of nitrogens with zero attached hydrogens (tertiary/aromatic N) is 3. The van der Waals surface area contributed by atoms with E-state index in [1.165, 1.54) is 0 Å². The summed E-state index contributed by atoms with van der Waals surface area (Å²) in [5.41, 5.74) is 3.52. The Morgan fingerprint density at radius 1 is 1.12 bits per heavy atom. The Morgan fingerprint density at radius 2 is 1.82 bits per heavy atom. The predicted molar refractivity (Wildman–Crippen MR) is 69.6 cm³/mol. The molecule has 0 aliphatic carbocycles. The van der Waals surface area contributed by atoms with Crippen molar-refractivity contribution in [1.82, 2.24) is 9.97 Å². The summed E-state index contributed by atoms with van der Waals surface area (Å²) in [6.45, 7) is 0. The number of hydrogen-bond donors (Lipinski definition) is 2. The lowest BCUT2D eigenvalue weighted by Gasteiger charge is -2.13. The second kappa shape index (κ2) is 4.80. The molecule has 0 saturated heterocycles. The summed E-state index contributed by atoms with van der Waals surface area (Å²) < 4.78 is 0. The van der Waals surface area contributed by atoms with Crippen LogP contribution in [0.4, 0.5) is 11.6 Å². The monoisotopic (exact) mass is 229 g/mol. The molecule has 0 aliphatic rings. The molecule has 0 aliphatic heterocycles. The Kier molecular flexibility index (Phi) is 3.20. The number of hydrazine groups is 1. The van der Waals surface area contributed by atoms with E-state index < -0.39 is 0 Å². The second-order valence-electron chi connectivity index (χ2n) is 3.84. The predicted octanol–water partition coefficient (Wildman–Crippen LogP) is 1.50. The van der Waals surface area contributed by atoms with Crippen molar-refractivity contribution in [3.05, 3.63) is 36.4 Å². The van der Waals surface area contributed by atoms with E-state index in [2.05, 4.69) is 15.4 Å². The van der Waals surface area contributed by atoms with Crippen molar-refractivity contribution in [1.29, 1.82) is 0 Å². The molecule has 2 aromatic rings. The lowest BCUT2D eigenvalue weighted by molar-refractivity contribution is 1.04. The summed E-state index contributed by atoms with van der Waals surface area (Å²) in [6, 6.07) is 11.6. The van der Waals surface area contributed by atoms with Gasteiger partial charge in [-0.25, -0.2) is 15.8 Å². The summed E-state index contributed by atoms with van der Waals surface area (Å²) in [5, 5.41) is 0. The van der Waals surface area contributed by atoms with Crippen molar-refractivity contribution in [3.8, 4) is 11.4 Å². The number of aromatic nitrogens is 2. The summed E-state index contributed by atoms with van der Waals surface area (Å²) in [4.78, 5) is 10.7. The molecule has 0 spiro atoms. The third-order valence-corrected chi connectivity index (χ3v) is 2.35. The van der Waals surface area contributed by atoms with Crippen LogP contribution in [0.3, 0.4) is 0 Å². The Bertz CT molecular complexity index is 496. The minimum absolute atomic E-state index is 0.600. The van der Waals surface area contributed by atoms with Gasteiger partial charge in [-0.3, -0.25) is 0 Å². The highest BCUT2D eigenvalue weighted by molar-refractivity contribution is 5.61. The molecule has 88 valence electrons. The maximum Gasteiger partial charge on any atom is 0.163 e. The maximum atomic E-state index is 5.41. The standard InChI is InChI=1S/C12H15N5/c1-17(2)11-8-10(16-13)14-12(15-11)9-6-4-3-5-7-9/h3-8H,13H2,1-2H3,(H,14,15,16). The lowest BCUT2D eigenvalue weighted by atomic mass is 10.2. The van der Waals surface area contributed by atoms with Crippen LogP contribution in [-0.2, 0) is 0 Å². The molecule has 1 heterocycles. The zero-order chi connectivity index (χ0) is 12.3. The largest absolute Gasteiger partial charge is 0.363 e. The molecule has 0 fully saturated rings. The van der Waals surface area contributed by atoms with E-state index >= 15 is 0 Å². The minimum Gasteiger partial charge on any atom is -0.363 e. The van der Waals surface area contributed by atoms with Crippen LogP contribution >= 0.6 is 0 Å². The van der Waals surface area contributed by atoms with Gasteiger partial charge in [0, 0.05) is 25.7 Å². The molecule has 0 atom stereocenters. The number of rotatable bonds is 3. The number of nitrogen functional groups attached to an aromatic ring is 1. The van der Waals surface area contributed by atoms with Crippen molar-refractivity contribution < 1.29 is 0 Å². The molecule has 0 amide bonds. The van der Waals surface area contributed by atoms with Gasteiger partial charge in [-0.15, -0.1) is 0 Å². The number of nitrogens with two attached hydrogens (primary N) is 1. The smallest absolute Gasteiger partial charge is 0.163 e. The molecular weight excluding hydrogens is 214 g/mol. The van der Waals surface area contributed by atoms with Gasteiger partial charge in [-0.05, 0) is 0 Å². The Balaban J connectivity index is 2.50. The van der Waals surface area contributed by atoms with Gasteiger partial charge >= 0.3 is 0 Å². The van der Waals surface area contributed by atoms with E-state index in [0.717, 1.165) is 11.4 Å². The molecule has 3 N–H and O–H groups in total. The molecule has 0 bridgehead atoms. The fourth-order valence-electron chi connectivity index (χ4n) is 1.45. The van der Waals surface area contributed by atoms with Gasteiger partial charge in [0.1, 0.15) is 11.6 Å². The summed E-state index contributed by atoms with van der Waals surface area (Å²) >= 11 is 0. The zero-order valence-corrected chi connectivity index (χ0v) is 9.88. The summed E-state index contributed by atoms with van der Waals surface area (Å²) in [5.74, 6) is 7.48. The van der Waals surface area contributed by atoms with Crippen molar-refractivity contribution in [2.24, 2.45) is 5.84 Å². The normalized spacial score (nSPS) is 10.1. The van der Waals surface area contributed by atoms with Gasteiger partial charge in [0.2, 0.25) is 0 Å². The fraction of sp³-hybridized carbons (Fsp3) is 0.167. The molecule has 0 saturated carbocycles. The van der Waals surface area contributed by atoms with E-state index in [4.69, 9.17) is 5.84 Å². The molecule has 5 heteroatoms. The van der Waals surface area contributed by atoms with Crippen molar-refractivity contribution in [2.75, 3.05) is 24.4 Å². The highest BCUT2D eigenvalue weighted by Crippen LogP contribution is 2.20. The van der Waals surface area contributed by atoms with Gasteiger partial charge in [0.25, 0.3) is 0 Å². The SMILES string of the molecule is CN(C)c1cc(NN)nc(-c2ccccc2)n1. The van der Waals surface area contributed by atoms with Crippen LogP contribution in [0, 0.1) is 0 Å². The van der Waals surface area contributed by atoms with Crippen LogP contribution in [0.1, 0.15) is 0 Å². The summed E-state index contributed by atoms with van der Waals surface area (Å²) in [7, 11) is 3.86. The first-order chi connectivity index (χ1) is 8.20. The molecule has 5 nitrogen and oxygen atoms in total. The van der Waals surface area contributed by atoms with Crippen molar-refractivity contribution >= 4 is 11.6 Å². The molecule has 2 rings (SSSR count). The molecule has 0 unspecified atom stereocenters. The van der Waals surface area contributed by atoms with Gasteiger partial charge < -0.3 is 10.3 Å². The lowest BCUT2D eigenvalue weighted by Crippen LogP contribution is -2.15. The Hall–Kier alpha value is -2.14. The molecule has 1 aromatic heterocycles. The minimum atomic E-state index is 0.600. The zero-order valence-electron chi connectivity index (χ0n) is 9.88. The first-order valence-electron chi connectivity index (χ1n) is 5.29. The van der Waals surface area contributed by atoms with Gasteiger partial charge in [-0.2, -0.15) is 0 Å². The second-order valence-corrected chi connectivity index (χ2v) is 3.84. The van der Waals surface area contributed by atoms with Crippen LogP contribution < -0.4 is 16.2 Å². The Labute approximate surface area is 100 Å². The highest BCUT2D eigenvalue weighted by atomic mass is 15.3. The number of anilines is 2. The average molecular weight is 229 g/mol. The van der Waals surface area contributed by atoms with E-state index in [1.807, 2.05) is 49.3 Å². The van der Waals surface area contributed by atoms with E-state index in [9.17, 15) is 0 Å². The molecular formula is C12H15N5. The highest BCUT2D eigenvalue weighted by Gasteiger charge is 2.07. The third-order valence-electron chi connectivity index (χ3n) is 2.35. The molecule has 17 heavy (non-hydrogen) atoms. The average Bonchev–Trinajstić information content (AvgIpc) is 2.39. The van der Waals surface area contributed by atoms with Crippen LogP contribution in [0.25, 0.3) is 11.4 Å². The quantitative estimate of drug-likeness (QED) is 0.616. The van der Waals surface area contributed by atoms with Crippen LogP contribution in [0.15, 0.2) is 36.4 Å². The van der Waals surface area contributed by atoms with E-state index in [0.29, 0.717) is 11.6 Å². The molecule has 1 aromatic carbocycles. The van der Waals surface area contributed by atoms with Crippen LogP contribution in [-0.4, -0.2) is 24.1 Å². The number of nitrogens with one attached hydrogen (secondary N) is 1. The molecule has 0 radical (unpaired) electrons.